The topological polar surface area (TPSA) is 56.8 Å². The van der Waals surface area contributed by atoms with E-state index in [-0.39, 0.29) is 5.91 Å². The molecule has 2 aromatic carbocycles. The second-order valence-electron chi connectivity index (χ2n) is 5.22. The van der Waals surface area contributed by atoms with Crippen LogP contribution in [-0.2, 0) is 11.3 Å². The van der Waals surface area contributed by atoms with Gasteiger partial charge in [0.2, 0.25) is 5.91 Å². The van der Waals surface area contributed by atoms with Gasteiger partial charge in [0.15, 0.2) is 11.5 Å². The fourth-order valence-corrected chi connectivity index (χ4v) is 3.05. The van der Waals surface area contributed by atoms with Gasteiger partial charge in [-0.3, -0.25) is 4.79 Å². The third-order valence-electron chi connectivity index (χ3n) is 3.51. The maximum absolute atomic E-state index is 12.0. The standard InChI is InChI=1S/C18H19NO4S/c1-21-14-4-2-3-13(9-14)11-19-18(20)12-24-15-5-6-16-17(10-15)23-8-7-22-16/h2-6,9-10H,7-8,11-12H2,1H3,(H,19,20). The third-order valence-corrected chi connectivity index (χ3v) is 4.50. The first kappa shape index (κ1) is 16.5. The van der Waals surface area contributed by atoms with Crippen LogP contribution in [0.3, 0.4) is 0 Å². The molecular weight excluding hydrogens is 326 g/mol. The summed E-state index contributed by atoms with van der Waals surface area (Å²) >= 11 is 1.47. The molecule has 0 atom stereocenters. The Morgan fingerprint density at radius 1 is 1.17 bits per heavy atom. The van der Waals surface area contributed by atoms with Crippen molar-refractivity contribution < 1.29 is 19.0 Å². The van der Waals surface area contributed by atoms with E-state index in [0.717, 1.165) is 27.7 Å². The number of fused-ring (bicyclic) bond motifs is 1. The van der Waals surface area contributed by atoms with Crippen molar-refractivity contribution in [1.29, 1.82) is 0 Å². The highest BCUT2D eigenvalue weighted by atomic mass is 32.2. The lowest BCUT2D eigenvalue weighted by Crippen LogP contribution is -2.24. The minimum atomic E-state index is -0.0160. The Kier molecular flexibility index (Phi) is 5.48. The van der Waals surface area contributed by atoms with E-state index >= 15 is 0 Å². The van der Waals surface area contributed by atoms with Crippen LogP contribution >= 0.6 is 11.8 Å². The Labute approximate surface area is 145 Å². The van der Waals surface area contributed by atoms with E-state index in [4.69, 9.17) is 14.2 Å². The van der Waals surface area contributed by atoms with E-state index in [0.29, 0.717) is 25.5 Å². The van der Waals surface area contributed by atoms with Crippen LogP contribution in [0.5, 0.6) is 17.2 Å². The fourth-order valence-electron chi connectivity index (χ4n) is 2.30. The molecule has 1 heterocycles. The van der Waals surface area contributed by atoms with Crippen molar-refractivity contribution in [2.45, 2.75) is 11.4 Å². The molecule has 1 amide bonds. The molecular formula is C18H19NO4S. The van der Waals surface area contributed by atoms with Gasteiger partial charge in [-0.05, 0) is 35.9 Å². The zero-order valence-electron chi connectivity index (χ0n) is 13.4. The van der Waals surface area contributed by atoms with Crippen LogP contribution in [0.4, 0.5) is 0 Å². The first-order valence-electron chi connectivity index (χ1n) is 7.66. The van der Waals surface area contributed by atoms with E-state index in [2.05, 4.69) is 5.32 Å². The minimum absolute atomic E-state index is 0.0160. The maximum Gasteiger partial charge on any atom is 0.230 e. The van der Waals surface area contributed by atoms with Gasteiger partial charge in [-0.25, -0.2) is 0 Å². The predicted molar refractivity (Wildman–Crippen MR) is 93.0 cm³/mol. The highest BCUT2D eigenvalue weighted by Gasteiger charge is 2.12. The van der Waals surface area contributed by atoms with Gasteiger partial charge >= 0.3 is 0 Å². The summed E-state index contributed by atoms with van der Waals surface area (Å²) in [6.45, 7) is 1.62. The van der Waals surface area contributed by atoms with Gasteiger partial charge in [0.25, 0.3) is 0 Å². The van der Waals surface area contributed by atoms with Crippen LogP contribution in [-0.4, -0.2) is 32.0 Å². The number of amides is 1. The molecule has 0 bridgehead atoms. The maximum atomic E-state index is 12.0. The molecule has 24 heavy (non-hydrogen) atoms. The van der Waals surface area contributed by atoms with E-state index in [1.54, 1.807) is 7.11 Å². The number of carbonyl (C=O) groups is 1. The lowest BCUT2D eigenvalue weighted by atomic mass is 10.2. The lowest BCUT2D eigenvalue weighted by Gasteiger charge is -2.18. The number of hydrogen-bond acceptors (Lipinski definition) is 5. The van der Waals surface area contributed by atoms with Gasteiger partial charge in [-0.1, -0.05) is 12.1 Å². The van der Waals surface area contributed by atoms with Gasteiger partial charge in [-0.2, -0.15) is 0 Å². The van der Waals surface area contributed by atoms with Crippen LogP contribution in [0.15, 0.2) is 47.4 Å². The lowest BCUT2D eigenvalue weighted by molar-refractivity contribution is -0.118. The van der Waals surface area contributed by atoms with Gasteiger partial charge in [0, 0.05) is 11.4 Å². The van der Waals surface area contributed by atoms with Crippen LogP contribution < -0.4 is 19.5 Å². The van der Waals surface area contributed by atoms with Crippen molar-refractivity contribution in [3.05, 3.63) is 48.0 Å². The molecule has 0 spiro atoms. The summed E-state index contributed by atoms with van der Waals surface area (Å²) in [4.78, 5) is 13.0. The van der Waals surface area contributed by atoms with E-state index in [1.165, 1.54) is 11.8 Å². The summed E-state index contributed by atoms with van der Waals surface area (Å²) < 4.78 is 16.2. The smallest absolute Gasteiger partial charge is 0.230 e. The van der Waals surface area contributed by atoms with Crippen molar-refractivity contribution in [3.8, 4) is 17.2 Å². The molecule has 0 aliphatic carbocycles. The normalized spacial score (nSPS) is 12.5. The monoisotopic (exact) mass is 345 g/mol. The number of benzene rings is 2. The number of hydrogen-bond donors (Lipinski definition) is 1. The molecule has 0 unspecified atom stereocenters. The molecule has 126 valence electrons. The van der Waals surface area contributed by atoms with E-state index in [9.17, 15) is 4.79 Å². The summed E-state index contributed by atoms with van der Waals surface area (Å²) in [6, 6.07) is 13.4. The number of rotatable bonds is 6. The van der Waals surface area contributed by atoms with Gasteiger partial charge < -0.3 is 19.5 Å². The predicted octanol–water partition coefficient (Wildman–Crippen LogP) is 2.87. The molecule has 0 radical (unpaired) electrons. The highest BCUT2D eigenvalue weighted by Crippen LogP contribution is 2.34. The second-order valence-corrected chi connectivity index (χ2v) is 6.27. The molecule has 0 saturated heterocycles. The third kappa shape index (κ3) is 4.35. The number of thioether (sulfide) groups is 1. The molecule has 1 aliphatic rings. The summed E-state index contributed by atoms with van der Waals surface area (Å²) in [7, 11) is 1.63. The van der Waals surface area contributed by atoms with Gasteiger partial charge in [0.05, 0.1) is 12.9 Å². The molecule has 5 nitrogen and oxygen atoms in total. The Morgan fingerprint density at radius 2 is 2.00 bits per heavy atom. The van der Waals surface area contributed by atoms with Gasteiger partial charge in [-0.15, -0.1) is 11.8 Å². The minimum Gasteiger partial charge on any atom is -0.497 e. The number of ether oxygens (including phenoxy) is 3. The number of methoxy groups -OCH3 is 1. The van der Waals surface area contributed by atoms with Crippen LogP contribution in [0.1, 0.15) is 5.56 Å². The Bertz CT molecular complexity index is 720. The van der Waals surface area contributed by atoms with Crippen molar-refractivity contribution in [1.82, 2.24) is 5.32 Å². The molecule has 3 rings (SSSR count). The van der Waals surface area contributed by atoms with Gasteiger partial charge in [0.1, 0.15) is 19.0 Å². The highest BCUT2D eigenvalue weighted by molar-refractivity contribution is 8.00. The summed E-state index contributed by atoms with van der Waals surface area (Å²) in [6.07, 6.45) is 0. The van der Waals surface area contributed by atoms with E-state index in [1.807, 2.05) is 42.5 Å². The zero-order valence-corrected chi connectivity index (χ0v) is 14.2. The molecule has 6 heteroatoms. The van der Waals surface area contributed by atoms with Crippen LogP contribution in [0.25, 0.3) is 0 Å². The molecule has 1 N–H and O–H groups in total. The molecule has 0 aromatic heterocycles. The van der Waals surface area contributed by atoms with Crippen molar-refractivity contribution >= 4 is 17.7 Å². The molecule has 0 saturated carbocycles. The largest absolute Gasteiger partial charge is 0.497 e. The Hall–Kier alpha value is -2.34. The number of carbonyl (C=O) groups excluding carboxylic acids is 1. The fraction of sp³-hybridized carbons (Fsp3) is 0.278. The summed E-state index contributed by atoms with van der Waals surface area (Å²) in [5.41, 5.74) is 1.01. The first-order chi connectivity index (χ1) is 11.7. The molecule has 2 aromatic rings. The average Bonchev–Trinajstić information content (AvgIpc) is 2.64. The SMILES string of the molecule is COc1cccc(CNC(=O)CSc2ccc3c(c2)OCCO3)c1. The van der Waals surface area contributed by atoms with Crippen molar-refractivity contribution in [2.24, 2.45) is 0 Å². The van der Waals surface area contributed by atoms with Crippen LogP contribution in [0.2, 0.25) is 0 Å². The number of nitrogens with one attached hydrogen (secondary N) is 1. The average molecular weight is 345 g/mol. The quantitative estimate of drug-likeness (QED) is 0.816. The van der Waals surface area contributed by atoms with E-state index < -0.39 is 0 Å². The van der Waals surface area contributed by atoms with Crippen molar-refractivity contribution in [3.63, 3.8) is 0 Å². The van der Waals surface area contributed by atoms with Crippen LogP contribution in [0, 0.1) is 0 Å². The Morgan fingerprint density at radius 3 is 2.83 bits per heavy atom. The summed E-state index contributed by atoms with van der Waals surface area (Å²) in [5, 5.41) is 2.91. The second kappa shape index (κ2) is 7.97. The Balaban J connectivity index is 1.48. The molecule has 0 fully saturated rings. The first-order valence-corrected chi connectivity index (χ1v) is 8.65. The van der Waals surface area contributed by atoms with Crippen molar-refractivity contribution in [2.75, 3.05) is 26.1 Å². The zero-order chi connectivity index (χ0) is 16.8. The molecule has 1 aliphatic heterocycles. The summed E-state index contributed by atoms with van der Waals surface area (Å²) in [5.74, 6) is 2.62.